The van der Waals surface area contributed by atoms with Crippen LogP contribution in [0.4, 0.5) is 14.5 Å². The second kappa shape index (κ2) is 10.0. The molecule has 0 atom stereocenters. The molecule has 2 aromatic rings. The molecule has 0 aliphatic rings. The zero-order valence-corrected chi connectivity index (χ0v) is 15.6. The summed E-state index contributed by atoms with van der Waals surface area (Å²) < 4.78 is 26.9. The molecule has 0 saturated carbocycles. The van der Waals surface area contributed by atoms with Gasteiger partial charge in [0.05, 0.1) is 6.54 Å². The van der Waals surface area contributed by atoms with Gasteiger partial charge in [-0.2, -0.15) is 0 Å². The van der Waals surface area contributed by atoms with Crippen LogP contribution in [-0.4, -0.2) is 18.4 Å². The molecule has 0 aromatic heterocycles. The lowest BCUT2D eigenvalue weighted by atomic mass is 10.1. The highest BCUT2D eigenvalue weighted by atomic mass is 79.9. The molecule has 0 aliphatic carbocycles. The van der Waals surface area contributed by atoms with Gasteiger partial charge in [-0.25, -0.2) is 8.78 Å². The molecule has 2 amide bonds. The van der Waals surface area contributed by atoms with E-state index in [0.29, 0.717) is 12.8 Å². The lowest BCUT2D eigenvalue weighted by Crippen LogP contribution is -2.32. The molecule has 138 valence electrons. The summed E-state index contributed by atoms with van der Waals surface area (Å²) in [6, 6.07) is 11.1. The number of carbonyl (C=O) groups is 2. The summed E-state index contributed by atoms with van der Waals surface area (Å²) in [4.78, 5) is 23.5. The van der Waals surface area contributed by atoms with Gasteiger partial charge < -0.3 is 10.6 Å². The molecule has 0 fully saturated rings. The normalized spacial score (nSPS) is 10.4. The van der Waals surface area contributed by atoms with Crippen molar-refractivity contribution in [2.24, 2.45) is 0 Å². The Morgan fingerprint density at radius 1 is 0.923 bits per heavy atom. The zero-order chi connectivity index (χ0) is 18.9. The minimum absolute atomic E-state index is 0.137. The van der Waals surface area contributed by atoms with E-state index < -0.39 is 17.5 Å². The first-order valence-corrected chi connectivity index (χ1v) is 8.99. The number of unbranched alkanes of at least 4 members (excludes halogenated alkanes) is 1. The number of anilines is 1. The largest absolute Gasteiger partial charge is 0.347 e. The molecular weight excluding hydrogens is 406 g/mol. The Balaban J connectivity index is 1.62. The van der Waals surface area contributed by atoms with Crippen molar-refractivity contribution in [1.82, 2.24) is 5.32 Å². The Morgan fingerprint density at radius 2 is 1.65 bits per heavy atom. The van der Waals surface area contributed by atoms with E-state index in [1.807, 2.05) is 24.3 Å². The fraction of sp³-hybridized carbons (Fsp3) is 0.263. The van der Waals surface area contributed by atoms with Gasteiger partial charge in [0.25, 0.3) is 0 Å². The molecule has 0 unspecified atom stereocenters. The number of benzene rings is 2. The van der Waals surface area contributed by atoms with Crippen molar-refractivity contribution >= 4 is 33.4 Å². The third-order valence-corrected chi connectivity index (χ3v) is 4.21. The van der Waals surface area contributed by atoms with E-state index in [1.165, 1.54) is 11.6 Å². The number of hydrogen-bond donors (Lipinski definition) is 2. The summed E-state index contributed by atoms with van der Waals surface area (Å²) >= 11 is 3.38. The van der Waals surface area contributed by atoms with Gasteiger partial charge >= 0.3 is 0 Å². The van der Waals surface area contributed by atoms with Crippen LogP contribution in [0.3, 0.4) is 0 Å². The van der Waals surface area contributed by atoms with Crippen LogP contribution in [0.25, 0.3) is 0 Å². The Bertz CT molecular complexity index is 767. The molecule has 0 saturated heterocycles. The van der Waals surface area contributed by atoms with Crippen molar-refractivity contribution in [3.05, 3.63) is 64.1 Å². The standard InChI is InChI=1S/C19H19BrF2N2O2/c20-14-7-5-13(6-8-14)3-1-2-4-18(25)23-12-19(26)24-15-9-10-16(21)17(22)11-15/h5-11H,1-4,12H2,(H,23,25)(H,24,26). The maximum Gasteiger partial charge on any atom is 0.243 e. The maximum absolute atomic E-state index is 13.1. The van der Waals surface area contributed by atoms with E-state index in [4.69, 9.17) is 0 Å². The van der Waals surface area contributed by atoms with Crippen LogP contribution in [0, 0.1) is 11.6 Å². The van der Waals surface area contributed by atoms with Gasteiger partial charge in [0, 0.05) is 22.6 Å². The fourth-order valence-corrected chi connectivity index (χ4v) is 2.58. The first-order valence-electron chi connectivity index (χ1n) is 8.20. The summed E-state index contributed by atoms with van der Waals surface area (Å²) in [5, 5.41) is 4.90. The molecule has 0 spiro atoms. The number of halogens is 3. The van der Waals surface area contributed by atoms with Gasteiger partial charge in [-0.1, -0.05) is 28.1 Å². The maximum atomic E-state index is 13.1. The molecule has 7 heteroatoms. The first-order chi connectivity index (χ1) is 12.4. The Morgan fingerprint density at radius 3 is 2.35 bits per heavy atom. The van der Waals surface area contributed by atoms with E-state index in [9.17, 15) is 18.4 Å². The molecule has 0 aliphatic heterocycles. The predicted molar refractivity (Wildman–Crippen MR) is 99.7 cm³/mol. The van der Waals surface area contributed by atoms with E-state index in [1.54, 1.807) is 0 Å². The average molecular weight is 425 g/mol. The highest BCUT2D eigenvalue weighted by Crippen LogP contribution is 2.13. The quantitative estimate of drug-likeness (QED) is 0.624. The first kappa shape index (κ1) is 20.0. The summed E-state index contributed by atoms with van der Waals surface area (Å²) in [6.45, 7) is -0.218. The van der Waals surface area contributed by atoms with E-state index >= 15 is 0 Å². The van der Waals surface area contributed by atoms with Crippen molar-refractivity contribution in [3.63, 3.8) is 0 Å². The van der Waals surface area contributed by atoms with E-state index in [0.717, 1.165) is 29.4 Å². The lowest BCUT2D eigenvalue weighted by molar-refractivity contribution is -0.124. The lowest BCUT2D eigenvalue weighted by Gasteiger charge is -2.07. The van der Waals surface area contributed by atoms with Crippen LogP contribution in [0.1, 0.15) is 24.8 Å². The van der Waals surface area contributed by atoms with Crippen molar-refractivity contribution in [3.8, 4) is 0 Å². The average Bonchev–Trinajstić information content (AvgIpc) is 2.61. The van der Waals surface area contributed by atoms with E-state index in [2.05, 4.69) is 26.6 Å². The van der Waals surface area contributed by atoms with Gasteiger partial charge in [0.15, 0.2) is 11.6 Å². The summed E-state index contributed by atoms with van der Waals surface area (Å²) in [6.07, 6.45) is 2.80. The number of amides is 2. The van der Waals surface area contributed by atoms with E-state index in [-0.39, 0.29) is 18.1 Å². The number of nitrogens with one attached hydrogen (secondary N) is 2. The minimum Gasteiger partial charge on any atom is -0.347 e. The van der Waals surface area contributed by atoms with Gasteiger partial charge in [-0.15, -0.1) is 0 Å². The molecule has 4 nitrogen and oxygen atoms in total. The number of carbonyl (C=O) groups excluding carboxylic acids is 2. The second-order valence-electron chi connectivity index (χ2n) is 5.79. The van der Waals surface area contributed by atoms with Gasteiger partial charge in [0.2, 0.25) is 11.8 Å². The molecule has 2 rings (SSSR count). The van der Waals surface area contributed by atoms with Crippen LogP contribution in [0.2, 0.25) is 0 Å². The molecule has 0 bridgehead atoms. The second-order valence-corrected chi connectivity index (χ2v) is 6.70. The highest BCUT2D eigenvalue weighted by molar-refractivity contribution is 9.10. The topological polar surface area (TPSA) is 58.2 Å². The van der Waals surface area contributed by atoms with Crippen LogP contribution in [0.15, 0.2) is 46.9 Å². The fourth-order valence-electron chi connectivity index (χ4n) is 2.31. The Kier molecular flexibility index (Phi) is 7.72. The van der Waals surface area contributed by atoms with Crippen molar-refractivity contribution in [2.75, 3.05) is 11.9 Å². The van der Waals surface area contributed by atoms with Crippen LogP contribution in [0.5, 0.6) is 0 Å². The minimum atomic E-state index is -1.04. The molecule has 2 N–H and O–H groups in total. The van der Waals surface area contributed by atoms with Crippen molar-refractivity contribution in [2.45, 2.75) is 25.7 Å². The third-order valence-electron chi connectivity index (χ3n) is 3.68. The Hall–Kier alpha value is -2.28. The number of rotatable bonds is 8. The van der Waals surface area contributed by atoms with Gasteiger partial charge in [-0.05, 0) is 49.1 Å². The Labute approximate surface area is 159 Å². The van der Waals surface area contributed by atoms with Crippen molar-refractivity contribution in [1.29, 1.82) is 0 Å². The van der Waals surface area contributed by atoms with Gasteiger partial charge in [0.1, 0.15) is 0 Å². The summed E-state index contributed by atoms with van der Waals surface area (Å²) in [5.74, 6) is -2.75. The number of hydrogen-bond acceptors (Lipinski definition) is 2. The molecule has 0 radical (unpaired) electrons. The molecule has 2 aromatic carbocycles. The highest BCUT2D eigenvalue weighted by Gasteiger charge is 2.08. The summed E-state index contributed by atoms with van der Waals surface area (Å²) in [7, 11) is 0. The predicted octanol–water partition coefficient (Wildman–Crippen LogP) is 4.20. The molecular formula is C19H19BrF2N2O2. The van der Waals surface area contributed by atoms with Gasteiger partial charge in [-0.3, -0.25) is 9.59 Å². The molecule has 26 heavy (non-hydrogen) atoms. The summed E-state index contributed by atoms with van der Waals surface area (Å²) in [5.41, 5.74) is 1.34. The van der Waals surface area contributed by atoms with Crippen LogP contribution >= 0.6 is 15.9 Å². The van der Waals surface area contributed by atoms with Crippen LogP contribution in [-0.2, 0) is 16.0 Å². The number of aryl methyl sites for hydroxylation is 1. The van der Waals surface area contributed by atoms with Crippen molar-refractivity contribution < 1.29 is 18.4 Å². The SMILES string of the molecule is O=C(CCCCc1ccc(Br)cc1)NCC(=O)Nc1ccc(F)c(F)c1. The van der Waals surface area contributed by atoms with Crippen LogP contribution < -0.4 is 10.6 Å². The zero-order valence-electron chi connectivity index (χ0n) is 14.0. The smallest absolute Gasteiger partial charge is 0.243 e. The third kappa shape index (κ3) is 6.92. The monoisotopic (exact) mass is 424 g/mol. The molecule has 0 heterocycles.